The lowest BCUT2D eigenvalue weighted by Crippen LogP contribution is -2.32. The molecule has 0 fully saturated rings. The molecule has 2 aliphatic heterocycles. The molecule has 1 atom stereocenters. The van der Waals surface area contributed by atoms with E-state index in [9.17, 15) is 5.26 Å². The lowest BCUT2D eigenvalue weighted by molar-refractivity contribution is 0.157. The van der Waals surface area contributed by atoms with Crippen molar-refractivity contribution in [2.75, 3.05) is 19.9 Å². The normalized spacial score (nSPS) is 15.7. The van der Waals surface area contributed by atoms with Gasteiger partial charge in [0.15, 0.2) is 11.5 Å². The molecule has 0 radical (unpaired) electrons. The van der Waals surface area contributed by atoms with E-state index in [2.05, 4.69) is 35.2 Å². The Hall–Kier alpha value is -3.49. The zero-order valence-electron chi connectivity index (χ0n) is 17.3. The standard InChI is InChI=1S/C26H24N2O3/c27-16-19-4-3-7-23(14-19)31-24(21-8-9-25-26(15-21)30-18-29-25)11-13-28-12-10-20-5-1-2-6-22(20)17-28/h1-9,14-15,24H,10-13,17-18H2. The molecular formula is C26H24N2O3. The van der Waals surface area contributed by atoms with Crippen molar-refractivity contribution in [2.24, 2.45) is 0 Å². The van der Waals surface area contributed by atoms with E-state index in [0.717, 1.165) is 49.5 Å². The van der Waals surface area contributed by atoms with Crippen LogP contribution < -0.4 is 14.2 Å². The molecule has 5 rings (SSSR count). The Balaban J connectivity index is 1.34. The first-order valence-electron chi connectivity index (χ1n) is 10.6. The summed E-state index contributed by atoms with van der Waals surface area (Å²) in [6.45, 7) is 3.19. The molecule has 0 aliphatic carbocycles. The second-order valence-corrected chi connectivity index (χ2v) is 7.94. The highest BCUT2D eigenvalue weighted by atomic mass is 16.7. The summed E-state index contributed by atoms with van der Waals surface area (Å²) in [6, 6.07) is 24.2. The molecule has 0 N–H and O–H groups in total. The van der Waals surface area contributed by atoms with Crippen LogP contribution in [0.2, 0.25) is 0 Å². The first-order valence-corrected chi connectivity index (χ1v) is 10.6. The monoisotopic (exact) mass is 412 g/mol. The van der Waals surface area contributed by atoms with Crippen molar-refractivity contribution in [3.05, 3.63) is 89.0 Å². The average Bonchev–Trinajstić information content (AvgIpc) is 3.29. The predicted molar refractivity (Wildman–Crippen MR) is 117 cm³/mol. The molecule has 1 unspecified atom stereocenters. The van der Waals surface area contributed by atoms with Gasteiger partial charge in [-0.2, -0.15) is 5.26 Å². The van der Waals surface area contributed by atoms with Crippen molar-refractivity contribution in [2.45, 2.75) is 25.5 Å². The van der Waals surface area contributed by atoms with Gasteiger partial charge in [0.2, 0.25) is 6.79 Å². The van der Waals surface area contributed by atoms with Gasteiger partial charge in [0.05, 0.1) is 11.6 Å². The molecule has 5 nitrogen and oxygen atoms in total. The van der Waals surface area contributed by atoms with Gasteiger partial charge in [-0.15, -0.1) is 0 Å². The van der Waals surface area contributed by atoms with Gasteiger partial charge in [-0.1, -0.05) is 36.4 Å². The maximum Gasteiger partial charge on any atom is 0.231 e. The topological polar surface area (TPSA) is 54.7 Å². The van der Waals surface area contributed by atoms with Crippen LogP contribution in [-0.4, -0.2) is 24.8 Å². The smallest absolute Gasteiger partial charge is 0.231 e. The van der Waals surface area contributed by atoms with E-state index in [1.54, 1.807) is 12.1 Å². The summed E-state index contributed by atoms with van der Waals surface area (Å²) in [6.07, 6.45) is 1.76. The molecule has 5 heteroatoms. The molecule has 0 amide bonds. The van der Waals surface area contributed by atoms with Crippen LogP contribution in [0, 0.1) is 11.3 Å². The Morgan fingerprint density at radius 3 is 2.74 bits per heavy atom. The van der Waals surface area contributed by atoms with Crippen molar-refractivity contribution in [3.63, 3.8) is 0 Å². The van der Waals surface area contributed by atoms with Crippen molar-refractivity contribution in [3.8, 4) is 23.3 Å². The van der Waals surface area contributed by atoms with E-state index in [-0.39, 0.29) is 12.9 Å². The highest BCUT2D eigenvalue weighted by molar-refractivity contribution is 5.45. The molecule has 156 valence electrons. The molecule has 3 aromatic carbocycles. The highest BCUT2D eigenvalue weighted by Gasteiger charge is 2.22. The SMILES string of the molecule is N#Cc1cccc(OC(CCN2CCc3ccccc3C2)c2ccc3c(c2)OCO3)c1. The number of nitriles is 1. The number of benzene rings is 3. The van der Waals surface area contributed by atoms with Crippen molar-refractivity contribution < 1.29 is 14.2 Å². The summed E-state index contributed by atoms with van der Waals surface area (Å²) >= 11 is 0. The fourth-order valence-corrected chi connectivity index (χ4v) is 4.26. The Bertz CT molecular complexity index is 1120. The fraction of sp³-hybridized carbons (Fsp3) is 0.269. The van der Waals surface area contributed by atoms with Gasteiger partial charge >= 0.3 is 0 Å². The third-order valence-electron chi connectivity index (χ3n) is 5.93. The molecule has 0 saturated heterocycles. The summed E-state index contributed by atoms with van der Waals surface area (Å²) in [7, 11) is 0. The van der Waals surface area contributed by atoms with Gasteiger partial charge in [-0.3, -0.25) is 4.90 Å². The van der Waals surface area contributed by atoms with Crippen LogP contribution in [0.1, 0.15) is 34.8 Å². The molecule has 0 aromatic heterocycles. The number of nitrogens with zero attached hydrogens (tertiary/aromatic N) is 2. The number of rotatable bonds is 6. The molecule has 2 aliphatic rings. The van der Waals surface area contributed by atoms with Crippen molar-refractivity contribution in [1.29, 1.82) is 5.26 Å². The second-order valence-electron chi connectivity index (χ2n) is 7.94. The molecule has 31 heavy (non-hydrogen) atoms. The first-order chi connectivity index (χ1) is 15.3. The zero-order valence-corrected chi connectivity index (χ0v) is 17.3. The van der Waals surface area contributed by atoms with Gasteiger partial charge in [0, 0.05) is 26.1 Å². The van der Waals surface area contributed by atoms with E-state index in [4.69, 9.17) is 14.2 Å². The third kappa shape index (κ3) is 4.35. The summed E-state index contributed by atoms with van der Waals surface area (Å²) in [5, 5.41) is 9.23. The van der Waals surface area contributed by atoms with Crippen LogP contribution in [0.3, 0.4) is 0 Å². The summed E-state index contributed by atoms with van der Waals surface area (Å²) in [4.78, 5) is 2.48. The Morgan fingerprint density at radius 1 is 0.968 bits per heavy atom. The van der Waals surface area contributed by atoms with E-state index in [1.807, 2.05) is 30.3 Å². The second kappa shape index (κ2) is 8.71. The maximum atomic E-state index is 9.23. The minimum absolute atomic E-state index is 0.152. The quantitative estimate of drug-likeness (QED) is 0.579. The van der Waals surface area contributed by atoms with E-state index in [1.165, 1.54) is 11.1 Å². The highest BCUT2D eigenvalue weighted by Crippen LogP contribution is 2.36. The fourth-order valence-electron chi connectivity index (χ4n) is 4.26. The summed E-state index contributed by atoms with van der Waals surface area (Å²) in [5.41, 5.74) is 4.50. The minimum atomic E-state index is -0.152. The first kappa shape index (κ1) is 19.5. The van der Waals surface area contributed by atoms with Crippen LogP contribution in [0.25, 0.3) is 0 Å². The minimum Gasteiger partial charge on any atom is -0.486 e. The molecule has 0 bridgehead atoms. The Morgan fingerprint density at radius 2 is 1.84 bits per heavy atom. The molecule has 0 spiro atoms. The van der Waals surface area contributed by atoms with Gasteiger partial charge in [0.25, 0.3) is 0 Å². The third-order valence-corrected chi connectivity index (χ3v) is 5.93. The molecule has 2 heterocycles. The molecule has 3 aromatic rings. The van der Waals surface area contributed by atoms with E-state index >= 15 is 0 Å². The predicted octanol–water partition coefficient (Wildman–Crippen LogP) is 4.86. The number of hydrogen-bond acceptors (Lipinski definition) is 5. The number of hydrogen-bond donors (Lipinski definition) is 0. The van der Waals surface area contributed by atoms with E-state index in [0.29, 0.717) is 11.3 Å². The lowest BCUT2D eigenvalue weighted by atomic mass is 9.99. The van der Waals surface area contributed by atoms with Crippen LogP contribution >= 0.6 is 0 Å². The van der Waals surface area contributed by atoms with Gasteiger partial charge in [-0.25, -0.2) is 0 Å². The van der Waals surface area contributed by atoms with Crippen molar-refractivity contribution >= 4 is 0 Å². The van der Waals surface area contributed by atoms with Gasteiger partial charge in [-0.05, 0) is 53.4 Å². The Labute approximate surface area is 182 Å². The summed E-state index contributed by atoms with van der Waals surface area (Å²) in [5.74, 6) is 2.22. The van der Waals surface area contributed by atoms with Crippen LogP contribution in [0.5, 0.6) is 17.2 Å². The number of fused-ring (bicyclic) bond motifs is 2. The molecule has 0 saturated carbocycles. The number of ether oxygens (including phenoxy) is 3. The average molecular weight is 412 g/mol. The Kier molecular flexibility index (Phi) is 5.47. The van der Waals surface area contributed by atoms with Crippen LogP contribution in [-0.2, 0) is 13.0 Å². The summed E-state index contributed by atoms with van der Waals surface area (Å²) < 4.78 is 17.4. The van der Waals surface area contributed by atoms with E-state index < -0.39 is 0 Å². The van der Waals surface area contributed by atoms with Gasteiger partial charge < -0.3 is 14.2 Å². The largest absolute Gasteiger partial charge is 0.486 e. The van der Waals surface area contributed by atoms with Crippen LogP contribution in [0.15, 0.2) is 66.7 Å². The van der Waals surface area contributed by atoms with Crippen molar-refractivity contribution in [1.82, 2.24) is 4.90 Å². The molecular weight excluding hydrogens is 388 g/mol. The maximum absolute atomic E-state index is 9.23. The van der Waals surface area contributed by atoms with Gasteiger partial charge in [0.1, 0.15) is 11.9 Å². The van der Waals surface area contributed by atoms with Crippen LogP contribution in [0.4, 0.5) is 0 Å². The lowest BCUT2D eigenvalue weighted by Gasteiger charge is -2.30. The zero-order chi connectivity index (χ0) is 21.0.